The first-order valence-electron chi connectivity index (χ1n) is 8.38. The number of hydrogen-bond acceptors (Lipinski definition) is 4. The van der Waals surface area contributed by atoms with Crippen LogP contribution in [-0.4, -0.2) is 53.8 Å². The highest BCUT2D eigenvalue weighted by Crippen LogP contribution is 2.23. The lowest BCUT2D eigenvalue weighted by Crippen LogP contribution is -2.48. The summed E-state index contributed by atoms with van der Waals surface area (Å²) in [5.74, 6) is 5.85. The number of methoxy groups -OCH3 is 1. The van der Waals surface area contributed by atoms with Crippen molar-refractivity contribution in [3.63, 3.8) is 0 Å². The highest BCUT2D eigenvalue weighted by molar-refractivity contribution is 6.02. The fraction of sp³-hybridized carbons (Fsp3) is 0.421. The number of piperidine rings is 1. The Morgan fingerprint density at radius 3 is 2.24 bits per heavy atom. The Kier molecular flexibility index (Phi) is 5.03. The Morgan fingerprint density at radius 2 is 1.68 bits per heavy atom. The quantitative estimate of drug-likeness (QED) is 0.599. The Balaban J connectivity index is 1.56. The summed E-state index contributed by atoms with van der Waals surface area (Å²) in [6.07, 6.45) is 1.86. The van der Waals surface area contributed by atoms with Crippen LogP contribution in [0.2, 0.25) is 0 Å². The summed E-state index contributed by atoms with van der Waals surface area (Å²) in [5, 5.41) is 0. The van der Waals surface area contributed by atoms with Crippen molar-refractivity contribution < 1.29 is 19.1 Å². The molecule has 2 saturated heterocycles. The van der Waals surface area contributed by atoms with Gasteiger partial charge in [0.05, 0.1) is 7.11 Å². The third kappa shape index (κ3) is 3.82. The molecule has 1 aromatic carbocycles. The van der Waals surface area contributed by atoms with Gasteiger partial charge in [0.2, 0.25) is 11.8 Å². The first-order valence-corrected chi connectivity index (χ1v) is 8.38. The van der Waals surface area contributed by atoms with Gasteiger partial charge in [-0.05, 0) is 37.1 Å². The maximum atomic E-state index is 12.2. The molecule has 0 atom stereocenters. The Labute approximate surface area is 146 Å². The van der Waals surface area contributed by atoms with Crippen molar-refractivity contribution in [2.45, 2.75) is 31.7 Å². The van der Waals surface area contributed by atoms with E-state index in [1.807, 2.05) is 0 Å². The van der Waals surface area contributed by atoms with Gasteiger partial charge in [-0.2, -0.15) is 0 Å². The number of carbonyl (C=O) groups is 3. The van der Waals surface area contributed by atoms with E-state index in [-0.39, 0.29) is 23.8 Å². The number of likely N-dealkylation sites (tertiary alicyclic amines) is 2. The molecule has 6 nitrogen and oxygen atoms in total. The van der Waals surface area contributed by atoms with Gasteiger partial charge in [0, 0.05) is 43.5 Å². The molecule has 0 aliphatic carbocycles. The summed E-state index contributed by atoms with van der Waals surface area (Å²) >= 11 is 0. The molecule has 0 radical (unpaired) electrons. The number of hydrogen-bond donors (Lipinski definition) is 0. The largest absolute Gasteiger partial charge is 0.497 e. The number of amides is 3. The number of carbonyl (C=O) groups excluding carboxylic acids is 3. The molecule has 2 fully saturated rings. The van der Waals surface area contributed by atoms with E-state index in [1.165, 1.54) is 4.90 Å². The van der Waals surface area contributed by atoms with Crippen LogP contribution in [0.5, 0.6) is 5.75 Å². The fourth-order valence-electron chi connectivity index (χ4n) is 3.21. The molecule has 0 N–H and O–H groups in total. The molecule has 2 aliphatic heterocycles. The van der Waals surface area contributed by atoms with Gasteiger partial charge < -0.3 is 9.64 Å². The third-order valence-corrected chi connectivity index (χ3v) is 4.61. The highest BCUT2D eigenvalue weighted by Gasteiger charge is 2.36. The van der Waals surface area contributed by atoms with Crippen molar-refractivity contribution in [3.8, 4) is 17.6 Å². The molecule has 0 saturated carbocycles. The molecule has 0 aromatic heterocycles. The van der Waals surface area contributed by atoms with Crippen molar-refractivity contribution in [2.24, 2.45) is 0 Å². The van der Waals surface area contributed by atoms with Crippen molar-refractivity contribution in [2.75, 3.05) is 20.2 Å². The average molecular weight is 340 g/mol. The number of benzene rings is 1. The number of nitrogens with zero attached hydrogens (tertiary/aromatic N) is 2. The molecule has 0 unspecified atom stereocenters. The topological polar surface area (TPSA) is 66.9 Å². The van der Waals surface area contributed by atoms with E-state index in [0.717, 1.165) is 11.3 Å². The van der Waals surface area contributed by atoms with Gasteiger partial charge in [-0.25, -0.2) is 0 Å². The standard InChI is InChI=1S/C19H20N2O4/c1-25-16-5-2-14(3-6-16)4-7-17(22)20-12-10-15(11-13-20)21-18(23)8-9-19(21)24/h2-3,5-6,15H,8-13H2,1H3. The lowest BCUT2D eigenvalue weighted by molar-refractivity contribution is -0.142. The van der Waals surface area contributed by atoms with Crippen LogP contribution in [0.15, 0.2) is 24.3 Å². The lowest BCUT2D eigenvalue weighted by Gasteiger charge is -2.34. The van der Waals surface area contributed by atoms with Crippen molar-refractivity contribution in [1.82, 2.24) is 9.80 Å². The minimum Gasteiger partial charge on any atom is -0.497 e. The van der Waals surface area contributed by atoms with Crippen LogP contribution in [0, 0.1) is 11.8 Å². The van der Waals surface area contributed by atoms with Crippen LogP contribution in [-0.2, 0) is 14.4 Å². The summed E-state index contributed by atoms with van der Waals surface area (Å²) in [4.78, 5) is 38.9. The van der Waals surface area contributed by atoms with Gasteiger partial charge in [0.25, 0.3) is 5.91 Å². The molecular weight excluding hydrogens is 320 g/mol. The monoisotopic (exact) mass is 340 g/mol. The van der Waals surface area contributed by atoms with Gasteiger partial charge in [0.15, 0.2) is 0 Å². The zero-order valence-corrected chi connectivity index (χ0v) is 14.2. The molecule has 25 heavy (non-hydrogen) atoms. The van der Waals surface area contributed by atoms with Crippen LogP contribution in [0.25, 0.3) is 0 Å². The summed E-state index contributed by atoms with van der Waals surface area (Å²) in [7, 11) is 1.59. The first kappa shape index (κ1) is 17.0. The molecule has 2 heterocycles. The molecule has 3 amide bonds. The second-order valence-corrected chi connectivity index (χ2v) is 6.16. The maximum Gasteiger partial charge on any atom is 0.298 e. The fourth-order valence-corrected chi connectivity index (χ4v) is 3.21. The van der Waals surface area contributed by atoms with E-state index >= 15 is 0 Å². The van der Waals surface area contributed by atoms with E-state index in [0.29, 0.717) is 38.8 Å². The van der Waals surface area contributed by atoms with Crippen molar-refractivity contribution in [1.29, 1.82) is 0 Å². The Morgan fingerprint density at radius 1 is 1.08 bits per heavy atom. The highest BCUT2D eigenvalue weighted by atomic mass is 16.5. The third-order valence-electron chi connectivity index (χ3n) is 4.61. The number of imide groups is 1. The molecular formula is C19H20N2O4. The van der Waals surface area contributed by atoms with Crippen molar-refractivity contribution in [3.05, 3.63) is 29.8 Å². The predicted molar refractivity (Wildman–Crippen MR) is 90.6 cm³/mol. The van der Waals surface area contributed by atoms with Crippen LogP contribution < -0.4 is 4.74 Å². The molecule has 130 valence electrons. The van der Waals surface area contributed by atoms with Crippen LogP contribution in [0.3, 0.4) is 0 Å². The molecule has 2 aliphatic rings. The van der Waals surface area contributed by atoms with Gasteiger partial charge in [-0.3, -0.25) is 19.3 Å². The Hall–Kier alpha value is -2.81. The average Bonchev–Trinajstić information content (AvgIpc) is 2.98. The lowest BCUT2D eigenvalue weighted by atomic mass is 10.0. The normalized spacial score (nSPS) is 18.1. The summed E-state index contributed by atoms with van der Waals surface area (Å²) < 4.78 is 5.08. The van der Waals surface area contributed by atoms with E-state index in [2.05, 4.69) is 11.8 Å². The predicted octanol–water partition coefficient (Wildman–Crippen LogP) is 1.19. The summed E-state index contributed by atoms with van der Waals surface area (Å²) in [5.41, 5.74) is 0.747. The van der Waals surface area contributed by atoms with Crippen LogP contribution in [0.1, 0.15) is 31.2 Å². The molecule has 6 heteroatoms. The van der Waals surface area contributed by atoms with Gasteiger partial charge >= 0.3 is 0 Å². The Bertz CT molecular complexity index is 721. The van der Waals surface area contributed by atoms with Gasteiger partial charge in [0.1, 0.15) is 5.75 Å². The second kappa shape index (κ2) is 7.39. The zero-order chi connectivity index (χ0) is 17.8. The van der Waals surface area contributed by atoms with E-state index in [1.54, 1.807) is 36.3 Å². The summed E-state index contributed by atoms with van der Waals surface area (Å²) in [6.45, 7) is 1.02. The minimum atomic E-state index is -0.228. The van der Waals surface area contributed by atoms with E-state index in [9.17, 15) is 14.4 Å². The summed E-state index contributed by atoms with van der Waals surface area (Å²) in [6, 6.07) is 7.11. The number of rotatable bonds is 2. The molecule has 0 bridgehead atoms. The first-order chi connectivity index (χ1) is 12.1. The number of ether oxygens (including phenoxy) is 1. The van der Waals surface area contributed by atoms with Gasteiger partial charge in [-0.1, -0.05) is 5.92 Å². The molecule has 1 aromatic rings. The van der Waals surface area contributed by atoms with E-state index in [4.69, 9.17) is 4.74 Å². The van der Waals surface area contributed by atoms with Crippen LogP contribution >= 0.6 is 0 Å². The molecule has 0 spiro atoms. The van der Waals surface area contributed by atoms with Crippen LogP contribution in [0.4, 0.5) is 0 Å². The van der Waals surface area contributed by atoms with Gasteiger partial charge in [-0.15, -0.1) is 0 Å². The maximum absolute atomic E-state index is 12.2. The minimum absolute atomic E-state index is 0.0823. The zero-order valence-electron chi connectivity index (χ0n) is 14.2. The van der Waals surface area contributed by atoms with E-state index < -0.39 is 0 Å². The SMILES string of the molecule is COc1ccc(C#CC(=O)N2CCC(N3C(=O)CCC3=O)CC2)cc1. The smallest absolute Gasteiger partial charge is 0.298 e. The second-order valence-electron chi connectivity index (χ2n) is 6.16. The van der Waals surface area contributed by atoms with Crippen molar-refractivity contribution >= 4 is 17.7 Å². The molecule has 3 rings (SSSR count).